The van der Waals surface area contributed by atoms with Crippen molar-refractivity contribution in [3.05, 3.63) is 72.0 Å². The lowest BCUT2D eigenvalue weighted by Crippen LogP contribution is -2.00. The van der Waals surface area contributed by atoms with Crippen LogP contribution in [0.2, 0.25) is 0 Å². The van der Waals surface area contributed by atoms with Gasteiger partial charge in [0.2, 0.25) is 0 Å². The number of hydrogen-bond acceptors (Lipinski definition) is 6. The molecule has 0 unspecified atom stereocenters. The molecule has 4 rings (SSSR count). The molecule has 2 heterocycles. The molecular weight excluding hydrogens is 328 g/mol. The van der Waals surface area contributed by atoms with E-state index >= 15 is 0 Å². The van der Waals surface area contributed by atoms with E-state index < -0.39 is 0 Å². The van der Waals surface area contributed by atoms with Gasteiger partial charge in [0.25, 0.3) is 0 Å². The van der Waals surface area contributed by atoms with Gasteiger partial charge in [-0.15, -0.1) is 0 Å². The van der Waals surface area contributed by atoms with Gasteiger partial charge in [-0.2, -0.15) is 0 Å². The third-order valence-corrected chi connectivity index (χ3v) is 3.97. The van der Waals surface area contributed by atoms with E-state index in [-0.39, 0.29) is 0 Å². The molecule has 130 valence electrons. The van der Waals surface area contributed by atoms with Crippen LogP contribution in [0.15, 0.2) is 59.1 Å². The summed E-state index contributed by atoms with van der Waals surface area (Å²) in [7, 11) is 1.66. The van der Waals surface area contributed by atoms with Gasteiger partial charge in [-0.25, -0.2) is 15.0 Å². The molecule has 1 N–H and O–H groups in total. The minimum absolute atomic E-state index is 0.632. The van der Waals surface area contributed by atoms with E-state index in [1.165, 1.54) is 0 Å². The Kier molecular flexibility index (Phi) is 4.23. The van der Waals surface area contributed by atoms with E-state index in [2.05, 4.69) is 20.3 Å². The van der Waals surface area contributed by atoms with Crippen LogP contribution in [0.25, 0.3) is 11.1 Å². The van der Waals surface area contributed by atoms with Crippen LogP contribution >= 0.6 is 0 Å². The van der Waals surface area contributed by atoms with Crippen molar-refractivity contribution in [2.45, 2.75) is 13.3 Å². The molecule has 0 aliphatic rings. The highest BCUT2D eigenvalue weighted by Crippen LogP contribution is 2.22. The first-order valence-corrected chi connectivity index (χ1v) is 8.29. The van der Waals surface area contributed by atoms with Crippen molar-refractivity contribution in [1.82, 2.24) is 15.0 Å². The second kappa shape index (κ2) is 6.84. The molecule has 0 atom stereocenters. The van der Waals surface area contributed by atoms with Gasteiger partial charge < -0.3 is 14.5 Å². The molecule has 6 heteroatoms. The molecule has 0 aliphatic carbocycles. The second-order valence-electron chi connectivity index (χ2n) is 5.93. The molecule has 0 fully saturated rings. The Balaban J connectivity index is 1.54. The molecule has 0 bridgehead atoms. The number of hydrogen-bond donors (Lipinski definition) is 1. The Bertz CT molecular complexity index is 1060. The summed E-state index contributed by atoms with van der Waals surface area (Å²) in [4.78, 5) is 13.3. The van der Waals surface area contributed by atoms with Crippen LogP contribution in [0.5, 0.6) is 5.75 Å². The zero-order chi connectivity index (χ0) is 17.9. The van der Waals surface area contributed by atoms with Crippen LogP contribution < -0.4 is 10.1 Å². The number of nitrogens with one attached hydrogen (secondary N) is 1. The SMILES string of the molecule is COc1cccc(Cc2nccc(Nc3ccc4nc(C)oc4c3)n2)c1. The fourth-order valence-electron chi connectivity index (χ4n) is 2.78. The highest BCUT2D eigenvalue weighted by Gasteiger charge is 2.06. The van der Waals surface area contributed by atoms with E-state index in [1.807, 2.05) is 55.5 Å². The summed E-state index contributed by atoms with van der Waals surface area (Å²) >= 11 is 0. The lowest BCUT2D eigenvalue weighted by Gasteiger charge is -2.07. The number of methoxy groups -OCH3 is 1. The average Bonchev–Trinajstić information content (AvgIpc) is 3.01. The monoisotopic (exact) mass is 346 g/mol. The van der Waals surface area contributed by atoms with Gasteiger partial charge >= 0.3 is 0 Å². The van der Waals surface area contributed by atoms with Crippen molar-refractivity contribution in [1.29, 1.82) is 0 Å². The molecule has 0 radical (unpaired) electrons. The number of rotatable bonds is 5. The number of benzene rings is 2. The number of aromatic nitrogens is 3. The van der Waals surface area contributed by atoms with E-state index in [0.29, 0.717) is 12.3 Å². The number of fused-ring (bicyclic) bond motifs is 1. The van der Waals surface area contributed by atoms with E-state index in [9.17, 15) is 0 Å². The quantitative estimate of drug-likeness (QED) is 0.582. The van der Waals surface area contributed by atoms with Gasteiger partial charge in [-0.05, 0) is 35.9 Å². The molecule has 0 aliphatic heterocycles. The van der Waals surface area contributed by atoms with Crippen LogP contribution in [0.4, 0.5) is 11.5 Å². The fraction of sp³-hybridized carbons (Fsp3) is 0.150. The third kappa shape index (κ3) is 3.49. The van der Waals surface area contributed by atoms with Crippen LogP contribution in [-0.2, 0) is 6.42 Å². The molecule has 0 spiro atoms. The number of ether oxygens (including phenoxy) is 1. The lowest BCUT2D eigenvalue weighted by molar-refractivity contribution is 0.414. The van der Waals surface area contributed by atoms with Crippen LogP contribution in [0, 0.1) is 6.92 Å². The summed E-state index contributed by atoms with van der Waals surface area (Å²) < 4.78 is 10.8. The Labute approximate surface area is 150 Å². The first-order valence-electron chi connectivity index (χ1n) is 8.29. The molecule has 26 heavy (non-hydrogen) atoms. The van der Waals surface area contributed by atoms with Crippen molar-refractivity contribution in [2.75, 3.05) is 12.4 Å². The topological polar surface area (TPSA) is 73.1 Å². The van der Waals surface area contributed by atoms with E-state index in [1.54, 1.807) is 13.3 Å². The molecule has 6 nitrogen and oxygen atoms in total. The summed E-state index contributed by atoms with van der Waals surface area (Å²) in [6, 6.07) is 15.5. The first-order chi connectivity index (χ1) is 12.7. The van der Waals surface area contributed by atoms with Crippen molar-refractivity contribution in [3.8, 4) is 5.75 Å². The van der Waals surface area contributed by atoms with Crippen LogP contribution in [0.1, 0.15) is 17.3 Å². The summed E-state index contributed by atoms with van der Waals surface area (Å²) in [6.45, 7) is 1.84. The predicted molar refractivity (Wildman–Crippen MR) is 99.9 cm³/mol. The third-order valence-electron chi connectivity index (χ3n) is 3.97. The summed E-state index contributed by atoms with van der Waals surface area (Å²) in [5.74, 6) is 2.94. The van der Waals surface area contributed by atoms with Gasteiger partial charge in [0.1, 0.15) is 22.9 Å². The maximum atomic E-state index is 5.58. The Morgan fingerprint density at radius 2 is 2.00 bits per heavy atom. The van der Waals surface area contributed by atoms with Crippen molar-refractivity contribution in [2.24, 2.45) is 0 Å². The smallest absolute Gasteiger partial charge is 0.192 e. The molecule has 0 saturated heterocycles. The number of anilines is 2. The molecule has 0 saturated carbocycles. The predicted octanol–water partition coefficient (Wildman–Crippen LogP) is 4.27. The van der Waals surface area contributed by atoms with Crippen molar-refractivity contribution in [3.63, 3.8) is 0 Å². The number of oxazole rings is 1. The summed E-state index contributed by atoms with van der Waals surface area (Å²) in [6.07, 6.45) is 2.38. The number of nitrogens with zero attached hydrogens (tertiary/aromatic N) is 3. The fourth-order valence-corrected chi connectivity index (χ4v) is 2.78. The first kappa shape index (κ1) is 16.1. The van der Waals surface area contributed by atoms with Crippen LogP contribution in [-0.4, -0.2) is 22.1 Å². The van der Waals surface area contributed by atoms with E-state index in [0.717, 1.165) is 39.7 Å². The highest BCUT2D eigenvalue weighted by molar-refractivity contribution is 5.78. The Hall–Kier alpha value is -3.41. The molecule has 2 aromatic carbocycles. The largest absolute Gasteiger partial charge is 0.497 e. The summed E-state index contributed by atoms with van der Waals surface area (Å²) in [5, 5.41) is 3.29. The average molecular weight is 346 g/mol. The standard InChI is InChI=1S/C20H18N4O2/c1-13-22-17-7-6-15(12-18(17)26-13)23-19-8-9-21-20(24-19)11-14-4-3-5-16(10-14)25-2/h3-10,12H,11H2,1-2H3,(H,21,23,24). The van der Waals surface area contributed by atoms with Gasteiger partial charge in [0, 0.05) is 31.3 Å². The minimum Gasteiger partial charge on any atom is -0.497 e. The highest BCUT2D eigenvalue weighted by atomic mass is 16.5. The zero-order valence-corrected chi connectivity index (χ0v) is 14.6. The van der Waals surface area contributed by atoms with Gasteiger partial charge in [0.15, 0.2) is 11.5 Å². The summed E-state index contributed by atoms with van der Waals surface area (Å²) in [5.41, 5.74) is 3.58. The Morgan fingerprint density at radius 1 is 1.08 bits per heavy atom. The minimum atomic E-state index is 0.632. The Morgan fingerprint density at radius 3 is 2.88 bits per heavy atom. The van der Waals surface area contributed by atoms with E-state index in [4.69, 9.17) is 9.15 Å². The lowest BCUT2D eigenvalue weighted by atomic mass is 10.1. The molecule has 0 amide bonds. The van der Waals surface area contributed by atoms with Crippen molar-refractivity contribution >= 4 is 22.6 Å². The second-order valence-corrected chi connectivity index (χ2v) is 5.93. The zero-order valence-electron chi connectivity index (χ0n) is 14.6. The molecule has 4 aromatic rings. The van der Waals surface area contributed by atoms with Gasteiger partial charge in [-0.1, -0.05) is 12.1 Å². The van der Waals surface area contributed by atoms with Gasteiger partial charge in [0.05, 0.1) is 7.11 Å². The molecular formula is C20H18N4O2. The van der Waals surface area contributed by atoms with Gasteiger partial charge in [-0.3, -0.25) is 0 Å². The number of aryl methyl sites for hydroxylation is 1. The maximum Gasteiger partial charge on any atom is 0.192 e. The normalized spacial score (nSPS) is 10.8. The van der Waals surface area contributed by atoms with Crippen LogP contribution in [0.3, 0.4) is 0 Å². The maximum absolute atomic E-state index is 5.58. The molecule has 2 aromatic heterocycles. The van der Waals surface area contributed by atoms with Crippen molar-refractivity contribution < 1.29 is 9.15 Å².